The van der Waals surface area contributed by atoms with Crippen molar-refractivity contribution in [3.8, 4) is 0 Å². The van der Waals surface area contributed by atoms with Gasteiger partial charge >= 0.3 is 0 Å². The smallest absolute Gasteiger partial charge is 0.252 e. The van der Waals surface area contributed by atoms with E-state index in [1.54, 1.807) is 12.3 Å². The van der Waals surface area contributed by atoms with E-state index in [0.717, 1.165) is 22.4 Å². The van der Waals surface area contributed by atoms with Crippen molar-refractivity contribution >= 4 is 16.8 Å². The Kier molecular flexibility index (Phi) is 3.92. The Labute approximate surface area is 129 Å². The van der Waals surface area contributed by atoms with Gasteiger partial charge in [0.05, 0.1) is 23.9 Å². The maximum Gasteiger partial charge on any atom is 0.252 e. The van der Waals surface area contributed by atoms with E-state index in [0.29, 0.717) is 12.1 Å². The second-order valence-electron chi connectivity index (χ2n) is 5.53. The topological polar surface area (TPSA) is 55.1 Å². The lowest BCUT2D eigenvalue weighted by Crippen LogP contribution is -2.23. The van der Waals surface area contributed by atoms with Crippen molar-refractivity contribution in [3.63, 3.8) is 0 Å². The molecule has 0 spiro atoms. The highest BCUT2D eigenvalue weighted by Crippen LogP contribution is 2.22. The largest absolute Gasteiger partial charge is 0.467 e. The number of nitrogens with zero attached hydrogens (tertiary/aromatic N) is 1. The van der Waals surface area contributed by atoms with Crippen LogP contribution in [-0.2, 0) is 6.54 Å². The molecule has 2 heterocycles. The molecule has 0 saturated carbocycles. The number of nitrogens with one attached hydrogen (secondary N) is 1. The molecule has 0 unspecified atom stereocenters. The Morgan fingerprint density at radius 2 is 2.05 bits per heavy atom. The molecule has 112 valence electrons. The van der Waals surface area contributed by atoms with Gasteiger partial charge in [0.1, 0.15) is 5.76 Å². The summed E-state index contributed by atoms with van der Waals surface area (Å²) < 4.78 is 5.24. The molecule has 0 atom stereocenters. The molecular weight excluding hydrogens is 276 g/mol. The van der Waals surface area contributed by atoms with Crippen LogP contribution in [0.15, 0.2) is 53.1 Å². The molecule has 0 saturated heterocycles. The zero-order valence-electron chi connectivity index (χ0n) is 12.7. The summed E-state index contributed by atoms with van der Waals surface area (Å²) in [6.07, 6.45) is 1.60. The Bertz CT molecular complexity index is 792. The fourth-order valence-corrected chi connectivity index (χ4v) is 2.36. The highest BCUT2D eigenvalue weighted by atomic mass is 16.3. The number of carbonyl (C=O) groups is 1. The van der Waals surface area contributed by atoms with Crippen molar-refractivity contribution in [2.75, 3.05) is 0 Å². The van der Waals surface area contributed by atoms with Crippen LogP contribution in [0.5, 0.6) is 0 Å². The van der Waals surface area contributed by atoms with E-state index in [4.69, 9.17) is 4.42 Å². The predicted molar refractivity (Wildman–Crippen MR) is 85.7 cm³/mol. The molecule has 2 aromatic heterocycles. The van der Waals surface area contributed by atoms with Gasteiger partial charge in [-0.25, -0.2) is 0 Å². The normalized spacial score (nSPS) is 11.0. The number of para-hydroxylation sites is 1. The molecule has 0 bridgehead atoms. The highest BCUT2D eigenvalue weighted by molar-refractivity contribution is 6.06. The summed E-state index contributed by atoms with van der Waals surface area (Å²) in [5.41, 5.74) is 2.42. The molecule has 4 heteroatoms. The molecule has 4 nitrogen and oxygen atoms in total. The molecule has 1 N–H and O–H groups in total. The number of furan rings is 1. The number of amides is 1. The van der Waals surface area contributed by atoms with E-state index in [1.165, 1.54) is 0 Å². The summed E-state index contributed by atoms with van der Waals surface area (Å²) in [4.78, 5) is 17.2. The van der Waals surface area contributed by atoms with E-state index >= 15 is 0 Å². The number of aromatic nitrogens is 1. The van der Waals surface area contributed by atoms with Gasteiger partial charge in [-0.15, -0.1) is 0 Å². The average Bonchev–Trinajstić information content (AvgIpc) is 3.04. The van der Waals surface area contributed by atoms with E-state index < -0.39 is 0 Å². The molecule has 0 aliphatic heterocycles. The third-order valence-corrected chi connectivity index (χ3v) is 3.58. The van der Waals surface area contributed by atoms with Crippen LogP contribution in [0.4, 0.5) is 0 Å². The van der Waals surface area contributed by atoms with Crippen molar-refractivity contribution in [1.29, 1.82) is 0 Å². The van der Waals surface area contributed by atoms with Crippen molar-refractivity contribution in [1.82, 2.24) is 10.3 Å². The Balaban J connectivity index is 1.95. The lowest BCUT2D eigenvalue weighted by atomic mass is 10.0. The van der Waals surface area contributed by atoms with E-state index in [-0.39, 0.29) is 11.8 Å². The van der Waals surface area contributed by atoms with Crippen molar-refractivity contribution in [2.24, 2.45) is 0 Å². The molecule has 0 fully saturated rings. The Hall–Kier alpha value is -2.62. The number of rotatable bonds is 4. The Morgan fingerprint density at radius 3 is 2.77 bits per heavy atom. The van der Waals surface area contributed by atoms with Gasteiger partial charge in [-0.3, -0.25) is 9.78 Å². The number of fused-ring (bicyclic) bond motifs is 1. The summed E-state index contributed by atoms with van der Waals surface area (Å²) in [5, 5.41) is 3.76. The number of hydrogen-bond donors (Lipinski definition) is 1. The van der Waals surface area contributed by atoms with Gasteiger partial charge in [-0.2, -0.15) is 0 Å². The number of benzene rings is 1. The minimum Gasteiger partial charge on any atom is -0.467 e. The maximum atomic E-state index is 12.5. The number of pyridine rings is 1. The van der Waals surface area contributed by atoms with Crippen LogP contribution < -0.4 is 5.32 Å². The van der Waals surface area contributed by atoms with Crippen LogP contribution >= 0.6 is 0 Å². The van der Waals surface area contributed by atoms with Crippen molar-refractivity contribution in [3.05, 3.63) is 65.7 Å². The van der Waals surface area contributed by atoms with Crippen molar-refractivity contribution in [2.45, 2.75) is 26.3 Å². The zero-order valence-corrected chi connectivity index (χ0v) is 12.7. The maximum absolute atomic E-state index is 12.5. The van der Waals surface area contributed by atoms with Crippen LogP contribution in [0, 0.1) is 0 Å². The molecule has 1 amide bonds. The lowest BCUT2D eigenvalue weighted by Gasteiger charge is -2.11. The standard InChI is InChI=1S/C18H18N2O2/c1-12(2)17-10-15(14-7-3-4-8-16(14)20-17)18(21)19-11-13-6-5-9-22-13/h3-10,12H,11H2,1-2H3,(H,19,21). The van der Waals surface area contributed by atoms with Crippen LogP contribution in [0.2, 0.25) is 0 Å². The molecule has 3 aromatic rings. The lowest BCUT2D eigenvalue weighted by molar-refractivity contribution is 0.0949. The second-order valence-corrected chi connectivity index (χ2v) is 5.53. The predicted octanol–water partition coefficient (Wildman–Crippen LogP) is 3.88. The summed E-state index contributed by atoms with van der Waals surface area (Å²) >= 11 is 0. The number of carbonyl (C=O) groups excluding carboxylic acids is 1. The first-order valence-electron chi connectivity index (χ1n) is 7.35. The minimum absolute atomic E-state index is 0.114. The molecule has 22 heavy (non-hydrogen) atoms. The highest BCUT2D eigenvalue weighted by Gasteiger charge is 2.14. The third-order valence-electron chi connectivity index (χ3n) is 3.58. The van der Waals surface area contributed by atoms with E-state index in [9.17, 15) is 4.79 Å². The molecule has 0 radical (unpaired) electrons. The summed E-state index contributed by atoms with van der Waals surface area (Å²) in [6, 6.07) is 13.2. The Morgan fingerprint density at radius 1 is 1.23 bits per heavy atom. The first kappa shape index (κ1) is 14.3. The fourth-order valence-electron chi connectivity index (χ4n) is 2.36. The summed E-state index contributed by atoms with van der Waals surface area (Å²) in [5.74, 6) is 0.883. The minimum atomic E-state index is -0.114. The van der Waals surface area contributed by atoms with Gasteiger partial charge in [-0.1, -0.05) is 32.0 Å². The van der Waals surface area contributed by atoms with Crippen LogP contribution in [0.3, 0.4) is 0 Å². The molecular formula is C18H18N2O2. The molecule has 3 rings (SSSR count). The van der Waals surface area contributed by atoms with Gasteiger partial charge in [-0.05, 0) is 30.2 Å². The monoisotopic (exact) mass is 294 g/mol. The molecule has 0 aliphatic rings. The fraction of sp³-hybridized carbons (Fsp3) is 0.222. The summed E-state index contributed by atoms with van der Waals surface area (Å²) in [6.45, 7) is 4.52. The SMILES string of the molecule is CC(C)c1cc(C(=O)NCc2ccco2)c2ccccc2n1. The zero-order chi connectivity index (χ0) is 15.5. The summed E-state index contributed by atoms with van der Waals surface area (Å²) in [7, 11) is 0. The van der Waals surface area contributed by atoms with Gasteiger partial charge < -0.3 is 9.73 Å². The molecule has 0 aliphatic carbocycles. The second kappa shape index (κ2) is 6.02. The molecule has 1 aromatic carbocycles. The van der Waals surface area contributed by atoms with Gasteiger partial charge in [0, 0.05) is 11.1 Å². The third kappa shape index (κ3) is 2.86. The average molecular weight is 294 g/mol. The van der Waals surface area contributed by atoms with Gasteiger partial charge in [0.2, 0.25) is 0 Å². The van der Waals surface area contributed by atoms with E-state index in [1.807, 2.05) is 36.4 Å². The van der Waals surface area contributed by atoms with Crippen LogP contribution in [-0.4, -0.2) is 10.9 Å². The first-order chi connectivity index (χ1) is 10.6. The quantitative estimate of drug-likeness (QED) is 0.794. The van der Waals surface area contributed by atoms with Crippen molar-refractivity contribution < 1.29 is 9.21 Å². The number of hydrogen-bond acceptors (Lipinski definition) is 3. The van der Waals surface area contributed by atoms with Crippen LogP contribution in [0.25, 0.3) is 10.9 Å². The van der Waals surface area contributed by atoms with E-state index in [2.05, 4.69) is 24.1 Å². The van der Waals surface area contributed by atoms with Gasteiger partial charge in [0.15, 0.2) is 0 Å². The first-order valence-corrected chi connectivity index (χ1v) is 7.35. The van der Waals surface area contributed by atoms with Gasteiger partial charge in [0.25, 0.3) is 5.91 Å². The van der Waals surface area contributed by atoms with Crippen LogP contribution in [0.1, 0.15) is 41.6 Å².